The summed E-state index contributed by atoms with van der Waals surface area (Å²) >= 11 is 0. The molecule has 1 aliphatic heterocycles. The van der Waals surface area contributed by atoms with E-state index in [-0.39, 0.29) is 25.0 Å². The molecule has 10 atom stereocenters. The van der Waals surface area contributed by atoms with E-state index in [0.717, 1.165) is 64.2 Å². The predicted octanol–water partition coefficient (Wildman–Crippen LogP) is 9.16. The molecule has 17 nitrogen and oxygen atoms in total. The van der Waals surface area contributed by atoms with Crippen LogP contribution in [-0.2, 0) is 46.5 Å². The van der Waals surface area contributed by atoms with E-state index in [1.165, 1.54) is 38.5 Å². The number of phosphoric acid groups is 2. The van der Waals surface area contributed by atoms with E-state index in [1.807, 2.05) is 0 Å². The number of phosphoric ester groups is 2. The zero-order chi connectivity index (χ0) is 51.5. The summed E-state index contributed by atoms with van der Waals surface area (Å²) in [7, 11) is -10.7. The van der Waals surface area contributed by atoms with Crippen molar-refractivity contribution in [1.82, 2.24) is 0 Å². The lowest BCUT2D eigenvalue weighted by molar-refractivity contribution is -0.216. The van der Waals surface area contributed by atoms with Crippen LogP contribution in [0.1, 0.15) is 155 Å². The van der Waals surface area contributed by atoms with E-state index in [9.17, 15) is 53.8 Å². The second-order valence-corrected chi connectivity index (χ2v) is 20.2. The first-order valence-corrected chi connectivity index (χ1v) is 28.3. The summed E-state index contributed by atoms with van der Waals surface area (Å²) in [5.41, 5.74) is 0. The van der Waals surface area contributed by atoms with Crippen LogP contribution >= 0.6 is 15.6 Å². The molecule has 7 unspecified atom stereocenters. The molecule has 1 heterocycles. The minimum atomic E-state index is -5.38. The predicted molar refractivity (Wildman–Crippen MR) is 268 cm³/mol. The summed E-state index contributed by atoms with van der Waals surface area (Å²) in [5.74, 6) is -1.32. The third kappa shape index (κ3) is 30.9. The quantitative estimate of drug-likeness (QED) is 0.00991. The number of ether oxygens (including phenoxy) is 3. The molecule has 0 radical (unpaired) electrons. The molecule has 0 amide bonds. The Bertz CT molecular complexity index is 1740. The van der Waals surface area contributed by atoms with Gasteiger partial charge in [-0.05, 0) is 96.3 Å². The molecule has 1 saturated heterocycles. The van der Waals surface area contributed by atoms with Crippen molar-refractivity contribution in [3.05, 3.63) is 85.1 Å². The second-order valence-electron chi connectivity index (χ2n) is 17.6. The van der Waals surface area contributed by atoms with Crippen LogP contribution in [0.4, 0.5) is 0 Å². The molecule has 0 aromatic rings. The Kier molecular flexibility index (Phi) is 34.2. The number of aliphatic hydroxyl groups excluding tert-OH is 4. The number of hydrogen-bond donors (Lipinski definition) is 7. The Morgan fingerprint density at radius 3 is 1.51 bits per heavy atom. The minimum Gasteiger partial charge on any atom is -0.462 e. The van der Waals surface area contributed by atoms with E-state index in [0.29, 0.717) is 25.7 Å². The Balaban J connectivity index is 1.82. The van der Waals surface area contributed by atoms with Crippen molar-refractivity contribution in [2.24, 2.45) is 0 Å². The first-order valence-electron chi connectivity index (χ1n) is 25.3. The van der Waals surface area contributed by atoms with E-state index in [1.54, 1.807) is 0 Å². The number of carbonyl (C=O) groups excluding carboxylic acids is 2. The highest BCUT2D eigenvalue weighted by Gasteiger charge is 2.54. The Morgan fingerprint density at radius 1 is 0.529 bits per heavy atom. The topological polar surface area (TPSA) is 269 Å². The Hall–Kier alpha value is -2.86. The van der Waals surface area contributed by atoms with Gasteiger partial charge in [-0.15, -0.1) is 0 Å². The van der Waals surface area contributed by atoms with E-state index in [2.05, 4.69) is 103 Å². The molecule has 2 rings (SSSR count). The van der Waals surface area contributed by atoms with E-state index in [4.69, 9.17) is 23.3 Å². The number of rotatable bonds is 40. The van der Waals surface area contributed by atoms with Crippen LogP contribution in [0.2, 0.25) is 0 Å². The molecule has 400 valence electrons. The standard InChI is InChI=1S/C51H84O17P2/c1-3-5-7-9-11-13-15-17-18-19-20-21-22-23-25-27-29-31-33-37-45(53)65-41(40-64-70(61,62)68-51-48(56)46(54)47(55)50(49(51)57)67-69(58,59)60)39-63-44(52)38-34-36-43-42(66-43)35-32-30-28-26-24-16-14-12-10-8-6-4-2/h11-14,17-18,20-21,23-26,30,32,41-43,46-51,54-57H,3-10,15-16,19,22,27-29,31,33-40H2,1-2H3,(H,61,62)(H2,58,59,60)/b13-11-,14-12-,18-17-,21-20-,25-23-,26-24-,32-30-/t41-,42?,43?,46?,47?,48?,49?,50-,51+/m1/s1. The van der Waals surface area contributed by atoms with Crippen LogP contribution in [0.3, 0.4) is 0 Å². The molecule has 0 spiro atoms. The van der Waals surface area contributed by atoms with Gasteiger partial charge in [0, 0.05) is 12.8 Å². The average Bonchev–Trinajstić information content (AvgIpc) is 4.07. The molecule has 2 aliphatic rings. The van der Waals surface area contributed by atoms with Gasteiger partial charge in [-0.1, -0.05) is 131 Å². The molecule has 2 fully saturated rings. The lowest BCUT2D eigenvalue weighted by atomic mass is 9.85. The maximum absolute atomic E-state index is 13.0. The number of aliphatic hydroxyl groups is 4. The SMILES string of the molecule is CCCCC/C=C\C/C=C\C/C=C\C/C=C\CCCCCC(=O)O[C@H](COC(=O)CCCC1OC1C/C=C\C/C=C\C/C=C\CCCCC)COP(=O)(O)O[C@H]1C(O)C(O)C(O)[C@@H](OP(=O)(O)O)C1O. The van der Waals surface area contributed by atoms with Gasteiger partial charge >= 0.3 is 27.6 Å². The van der Waals surface area contributed by atoms with Gasteiger partial charge in [0.2, 0.25) is 0 Å². The number of carbonyl (C=O) groups is 2. The molecule has 70 heavy (non-hydrogen) atoms. The maximum Gasteiger partial charge on any atom is 0.472 e. The minimum absolute atomic E-state index is 0.0146. The lowest BCUT2D eigenvalue weighted by Gasteiger charge is -2.43. The normalized spacial score (nSPS) is 24.6. The van der Waals surface area contributed by atoms with Gasteiger partial charge in [-0.25, -0.2) is 9.13 Å². The third-order valence-corrected chi connectivity index (χ3v) is 12.9. The second kappa shape index (κ2) is 37.8. The fourth-order valence-corrected chi connectivity index (χ4v) is 8.87. The summed E-state index contributed by atoms with van der Waals surface area (Å²) in [6.07, 6.45) is 34.0. The summed E-state index contributed by atoms with van der Waals surface area (Å²) in [4.78, 5) is 54.5. The zero-order valence-electron chi connectivity index (χ0n) is 41.4. The number of epoxide rings is 1. The highest BCUT2D eigenvalue weighted by atomic mass is 31.2. The summed E-state index contributed by atoms with van der Waals surface area (Å²) in [6.45, 7) is 2.96. The van der Waals surface area contributed by atoms with E-state index >= 15 is 0 Å². The van der Waals surface area contributed by atoms with Crippen LogP contribution < -0.4 is 0 Å². The van der Waals surface area contributed by atoms with Gasteiger partial charge in [0.25, 0.3) is 0 Å². The first kappa shape index (κ1) is 63.3. The molecule has 1 aliphatic carbocycles. The third-order valence-electron chi connectivity index (χ3n) is 11.4. The van der Waals surface area contributed by atoms with Gasteiger partial charge < -0.3 is 49.3 Å². The molecule has 7 N–H and O–H groups in total. The molecule has 0 bridgehead atoms. The number of esters is 2. The lowest BCUT2D eigenvalue weighted by Crippen LogP contribution is -2.64. The van der Waals surface area contributed by atoms with Gasteiger partial charge in [0.15, 0.2) is 6.10 Å². The van der Waals surface area contributed by atoms with Crippen molar-refractivity contribution in [2.45, 2.75) is 210 Å². The number of unbranched alkanes of at least 4 members (excludes halogenated alkanes) is 9. The molecular weight excluding hydrogens is 946 g/mol. The van der Waals surface area contributed by atoms with Gasteiger partial charge in [-0.3, -0.25) is 23.2 Å². The van der Waals surface area contributed by atoms with Gasteiger partial charge in [0.05, 0.1) is 18.8 Å². The van der Waals surface area contributed by atoms with Crippen molar-refractivity contribution >= 4 is 27.6 Å². The van der Waals surface area contributed by atoms with Crippen LogP contribution in [0.25, 0.3) is 0 Å². The van der Waals surface area contributed by atoms with Crippen molar-refractivity contribution < 1.29 is 81.6 Å². The molecule has 0 aromatic heterocycles. The van der Waals surface area contributed by atoms with E-state index < -0.39 is 83.5 Å². The molecule has 1 saturated carbocycles. The highest BCUT2D eigenvalue weighted by molar-refractivity contribution is 7.47. The van der Waals surface area contributed by atoms with Crippen molar-refractivity contribution in [2.75, 3.05) is 13.2 Å². The molecular formula is C51H84O17P2. The monoisotopic (exact) mass is 1030 g/mol. The van der Waals surface area contributed by atoms with Crippen LogP contribution in [0.5, 0.6) is 0 Å². The largest absolute Gasteiger partial charge is 0.472 e. The Morgan fingerprint density at radius 2 is 1.00 bits per heavy atom. The Labute approximate surface area is 416 Å². The van der Waals surface area contributed by atoms with Gasteiger partial charge in [-0.2, -0.15) is 0 Å². The highest BCUT2D eigenvalue weighted by Crippen LogP contribution is 2.49. The molecule has 0 aromatic carbocycles. The average molecular weight is 1030 g/mol. The number of allylic oxidation sites excluding steroid dienone is 13. The zero-order valence-corrected chi connectivity index (χ0v) is 43.1. The number of hydrogen-bond acceptors (Lipinski definition) is 14. The fraction of sp³-hybridized carbons (Fsp3) is 0.686. The van der Waals surface area contributed by atoms with Crippen molar-refractivity contribution in [3.8, 4) is 0 Å². The van der Waals surface area contributed by atoms with Crippen LogP contribution in [-0.4, -0.2) is 115 Å². The van der Waals surface area contributed by atoms with Crippen molar-refractivity contribution in [3.63, 3.8) is 0 Å². The fourth-order valence-electron chi connectivity index (χ4n) is 7.33. The first-order chi connectivity index (χ1) is 33.6. The van der Waals surface area contributed by atoms with Crippen LogP contribution in [0.15, 0.2) is 85.1 Å². The van der Waals surface area contributed by atoms with Crippen LogP contribution in [0, 0.1) is 0 Å². The summed E-state index contributed by atoms with van der Waals surface area (Å²) in [5, 5.41) is 41.3. The van der Waals surface area contributed by atoms with Crippen molar-refractivity contribution in [1.29, 1.82) is 0 Å². The molecule has 19 heteroatoms. The summed E-state index contributed by atoms with van der Waals surface area (Å²) in [6, 6.07) is 0. The summed E-state index contributed by atoms with van der Waals surface area (Å²) < 4.78 is 55.2. The smallest absolute Gasteiger partial charge is 0.462 e. The maximum atomic E-state index is 13.0. The van der Waals surface area contributed by atoms with Gasteiger partial charge in [0.1, 0.15) is 43.2 Å².